The molecule has 104 valence electrons. The Labute approximate surface area is 111 Å². The maximum atomic E-state index is 9.76. The van der Waals surface area contributed by atoms with Crippen molar-refractivity contribution in [1.82, 2.24) is 0 Å². The monoisotopic (exact) mass is 252 g/mol. The zero-order valence-corrected chi connectivity index (χ0v) is 12.2. The molecule has 1 N–H and O–H groups in total. The molecule has 0 aromatic rings. The van der Waals surface area contributed by atoms with Crippen LogP contribution in [0.2, 0.25) is 0 Å². The third-order valence-electron chi connectivity index (χ3n) is 4.90. The molecule has 2 nitrogen and oxygen atoms in total. The van der Waals surface area contributed by atoms with Crippen molar-refractivity contribution >= 4 is 0 Å². The van der Waals surface area contributed by atoms with Crippen LogP contribution >= 0.6 is 0 Å². The highest BCUT2D eigenvalue weighted by Crippen LogP contribution is 2.51. The summed E-state index contributed by atoms with van der Waals surface area (Å²) < 4.78 is 5.68. The van der Waals surface area contributed by atoms with Gasteiger partial charge in [0.2, 0.25) is 0 Å². The van der Waals surface area contributed by atoms with Gasteiger partial charge in [-0.1, -0.05) is 25.5 Å². The van der Waals surface area contributed by atoms with Crippen molar-refractivity contribution < 1.29 is 9.84 Å². The van der Waals surface area contributed by atoms with Gasteiger partial charge in [-0.25, -0.2) is 0 Å². The van der Waals surface area contributed by atoms with Gasteiger partial charge in [0.25, 0.3) is 0 Å². The van der Waals surface area contributed by atoms with Crippen LogP contribution in [0.1, 0.15) is 59.3 Å². The summed E-state index contributed by atoms with van der Waals surface area (Å²) in [4.78, 5) is 0. The van der Waals surface area contributed by atoms with E-state index in [0.29, 0.717) is 6.61 Å². The lowest BCUT2D eigenvalue weighted by atomic mass is 9.58. The summed E-state index contributed by atoms with van der Waals surface area (Å²) in [5.74, 6) is 0.545. The second-order valence-electron chi connectivity index (χ2n) is 7.14. The summed E-state index contributed by atoms with van der Waals surface area (Å²) in [6, 6.07) is 0. The molecule has 2 heteroatoms. The van der Waals surface area contributed by atoms with E-state index in [1.165, 1.54) is 44.1 Å². The summed E-state index contributed by atoms with van der Waals surface area (Å²) in [5, 5.41) is 9.76. The van der Waals surface area contributed by atoms with E-state index in [4.69, 9.17) is 4.74 Å². The predicted molar refractivity (Wildman–Crippen MR) is 74.2 cm³/mol. The van der Waals surface area contributed by atoms with Crippen LogP contribution < -0.4 is 0 Å². The number of hydrogen-bond acceptors (Lipinski definition) is 2. The molecule has 0 radical (unpaired) electrons. The molecule has 0 spiro atoms. The molecule has 0 saturated heterocycles. The molecular weight excluding hydrogens is 224 g/mol. The first-order valence-electron chi connectivity index (χ1n) is 7.33. The van der Waals surface area contributed by atoms with E-state index in [9.17, 15) is 5.11 Å². The number of rotatable bonds is 3. The first-order valence-corrected chi connectivity index (χ1v) is 7.33. The highest BCUT2D eigenvalue weighted by molar-refractivity contribution is 5.06. The molecule has 2 rings (SSSR count). The standard InChI is InChI=1S/C16H28O2/c1-12-7-8-14-13(10-12)6-5-9-16(14,4)11-18-15(2,3)17/h13-14,17H,1,5-11H2,2-4H3/t13?,14?,16-/m0/s1. The molecule has 2 fully saturated rings. The van der Waals surface area contributed by atoms with Crippen LogP contribution in [-0.2, 0) is 4.74 Å². The lowest BCUT2D eigenvalue weighted by Crippen LogP contribution is -2.44. The topological polar surface area (TPSA) is 29.5 Å². The lowest BCUT2D eigenvalue weighted by Gasteiger charge is -2.49. The quantitative estimate of drug-likeness (QED) is 0.610. The summed E-state index contributed by atoms with van der Waals surface area (Å²) in [6.45, 7) is 10.6. The Morgan fingerprint density at radius 3 is 2.83 bits per heavy atom. The number of allylic oxidation sites excluding steroid dienone is 1. The van der Waals surface area contributed by atoms with Crippen LogP contribution in [0.5, 0.6) is 0 Å². The van der Waals surface area contributed by atoms with E-state index >= 15 is 0 Å². The van der Waals surface area contributed by atoms with Crippen molar-refractivity contribution in [3.63, 3.8) is 0 Å². The average molecular weight is 252 g/mol. The minimum Gasteiger partial charge on any atom is -0.366 e. The maximum absolute atomic E-state index is 9.76. The van der Waals surface area contributed by atoms with Gasteiger partial charge < -0.3 is 9.84 Å². The smallest absolute Gasteiger partial charge is 0.159 e. The third kappa shape index (κ3) is 3.16. The molecule has 18 heavy (non-hydrogen) atoms. The number of hydrogen-bond donors (Lipinski definition) is 1. The van der Waals surface area contributed by atoms with Crippen LogP contribution in [0.4, 0.5) is 0 Å². The normalized spacial score (nSPS) is 37.4. The average Bonchev–Trinajstić information content (AvgIpc) is 2.26. The molecule has 2 aliphatic carbocycles. The van der Waals surface area contributed by atoms with E-state index in [-0.39, 0.29) is 5.41 Å². The van der Waals surface area contributed by atoms with E-state index in [0.717, 1.165) is 11.8 Å². The Bertz CT molecular complexity index is 316. The van der Waals surface area contributed by atoms with Crippen LogP contribution in [0.15, 0.2) is 12.2 Å². The molecule has 0 heterocycles. The highest BCUT2D eigenvalue weighted by atomic mass is 16.6. The van der Waals surface area contributed by atoms with E-state index in [1.54, 1.807) is 13.8 Å². The van der Waals surface area contributed by atoms with Gasteiger partial charge in [0, 0.05) is 0 Å². The van der Waals surface area contributed by atoms with Crippen molar-refractivity contribution in [3.05, 3.63) is 12.2 Å². The fourth-order valence-corrected chi connectivity index (χ4v) is 3.91. The SMILES string of the molecule is C=C1CCC2C(CCC[C@@]2(C)COC(C)(C)O)C1. The minimum absolute atomic E-state index is 0.240. The summed E-state index contributed by atoms with van der Waals surface area (Å²) >= 11 is 0. The molecule has 0 aromatic carbocycles. The Morgan fingerprint density at radius 2 is 2.17 bits per heavy atom. The van der Waals surface area contributed by atoms with Crippen molar-refractivity contribution in [2.45, 2.75) is 65.1 Å². The van der Waals surface area contributed by atoms with Gasteiger partial charge in [-0.05, 0) is 63.2 Å². The largest absolute Gasteiger partial charge is 0.366 e. The third-order valence-corrected chi connectivity index (χ3v) is 4.90. The second kappa shape index (κ2) is 4.97. The number of fused-ring (bicyclic) bond motifs is 1. The van der Waals surface area contributed by atoms with Gasteiger partial charge in [-0.3, -0.25) is 0 Å². The maximum Gasteiger partial charge on any atom is 0.159 e. The molecule has 0 bridgehead atoms. The molecule has 2 aliphatic rings. The number of ether oxygens (including phenoxy) is 1. The van der Waals surface area contributed by atoms with Gasteiger partial charge in [-0.2, -0.15) is 0 Å². The number of aliphatic hydroxyl groups is 1. The van der Waals surface area contributed by atoms with Gasteiger partial charge in [-0.15, -0.1) is 0 Å². The summed E-state index contributed by atoms with van der Waals surface area (Å²) in [7, 11) is 0. The van der Waals surface area contributed by atoms with Crippen molar-refractivity contribution in [1.29, 1.82) is 0 Å². The first-order chi connectivity index (χ1) is 8.30. The van der Waals surface area contributed by atoms with Gasteiger partial charge in [0.1, 0.15) is 0 Å². The minimum atomic E-state index is -1.01. The fourth-order valence-electron chi connectivity index (χ4n) is 3.91. The Hall–Kier alpha value is -0.340. The van der Waals surface area contributed by atoms with Crippen molar-refractivity contribution in [2.75, 3.05) is 6.61 Å². The molecular formula is C16H28O2. The van der Waals surface area contributed by atoms with E-state index in [1.807, 2.05) is 0 Å². The molecule has 0 aliphatic heterocycles. The molecule has 3 atom stereocenters. The Kier molecular flexibility index (Phi) is 3.89. The van der Waals surface area contributed by atoms with Crippen molar-refractivity contribution in [3.8, 4) is 0 Å². The lowest BCUT2D eigenvalue weighted by molar-refractivity contribution is -0.205. The summed E-state index contributed by atoms with van der Waals surface area (Å²) in [6.07, 6.45) is 7.52. The van der Waals surface area contributed by atoms with Gasteiger partial charge in [0.05, 0.1) is 6.61 Å². The van der Waals surface area contributed by atoms with Gasteiger partial charge in [0.15, 0.2) is 5.79 Å². The van der Waals surface area contributed by atoms with Crippen LogP contribution in [0, 0.1) is 17.3 Å². The molecule has 0 amide bonds. The zero-order valence-electron chi connectivity index (χ0n) is 12.2. The van der Waals surface area contributed by atoms with Crippen LogP contribution in [0.25, 0.3) is 0 Å². The Balaban J connectivity index is 2.04. The zero-order chi connectivity index (χ0) is 13.4. The van der Waals surface area contributed by atoms with E-state index < -0.39 is 5.79 Å². The van der Waals surface area contributed by atoms with Crippen LogP contribution in [0.3, 0.4) is 0 Å². The Morgan fingerprint density at radius 1 is 1.44 bits per heavy atom. The molecule has 2 saturated carbocycles. The first kappa shape index (κ1) is 14.1. The molecule has 0 aromatic heterocycles. The van der Waals surface area contributed by atoms with E-state index in [2.05, 4.69) is 13.5 Å². The predicted octanol–water partition coefficient (Wildman–Crippen LogP) is 3.89. The molecule has 2 unspecified atom stereocenters. The fraction of sp³-hybridized carbons (Fsp3) is 0.875. The second-order valence-corrected chi connectivity index (χ2v) is 7.14. The highest BCUT2D eigenvalue weighted by Gasteiger charge is 2.44. The van der Waals surface area contributed by atoms with Gasteiger partial charge >= 0.3 is 0 Å². The van der Waals surface area contributed by atoms with Crippen molar-refractivity contribution in [2.24, 2.45) is 17.3 Å². The van der Waals surface area contributed by atoms with Crippen LogP contribution in [-0.4, -0.2) is 17.5 Å². The summed E-state index contributed by atoms with van der Waals surface area (Å²) in [5.41, 5.74) is 1.67.